The number of rotatable bonds is 4. The highest BCUT2D eigenvalue weighted by molar-refractivity contribution is 9.10. The molecule has 0 fully saturated rings. The lowest BCUT2D eigenvalue weighted by atomic mass is 10.1. The van der Waals surface area contributed by atoms with Gasteiger partial charge in [-0.05, 0) is 43.6 Å². The molecule has 2 heterocycles. The summed E-state index contributed by atoms with van der Waals surface area (Å²) in [6.07, 6.45) is 0.286. The molecule has 1 amide bonds. The monoisotopic (exact) mass is 401 g/mol. The van der Waals surface area contributed by atoms with Crippen LogP contribution in [0.5, 0.6) is 0 Å². The third-order valence-corrected chi connectivity index (χ3v) is 4.45. The van der Waals surface area contributed by atoms with Crippen molar-refractivity contribution >= 4 is 27.8 Å². The van der Waals surface area contributed by atoms with Crippen LogP contribution in [-0.4, -0.2) is 52.4 Å². The number of nitrogens with zero attached hydrogens (tertiary/aromatic N) is 3. The van der Waals surface area contributed by atoms with Gasteiger partial charge in [-0.15, -0.1) is 0 Å². The highest BCUT2D eigenvalue weighted by Crippen LogP contribution is 2.29. The lowest BCUT2D eigenvalue weighted by Gasteiger charge is -2.30. The molecule has 0 aliphatic carbocycles. The van der Waals surface area contributed by atoms with E-state index in [1.165, 1.54) is 7.11 Å². The number of carbonyl (C=O) groups excluding carboxylic acids is 2. The molecule has 0 radical (unpaired) electrons. The van der Waals surface area contributed by atoms with Gasteiger partial charge in [0.15, 0.2) is 5.78 Å². The topological polar surface area (TPSA) is 73.7 Å². The number of halogens is 1. The van der Waals surface area contributed by atoms with E-state index in [-0.39, 0.29) is 18.5 Å². The molecule has 0 bridgehead atoms. The summed E-state index contributed by atoms with van der Waals surface area (Å²) in [4.78, 5) is 26.0. The maximum absolute atomic E-state index is 12.3. The van der Waals surface area contributed by atoms with Crippen LogP contribution < -0.4 is 0 Å². The van der Waals surface area contributed by atoms with Crippen LogP contribution in [0.25, 0.3) is 0 Å². The molecule has 0 N–H and O–H groups in total. The second-order valence-electron chi connectivity index (χ2n) is 6.89. The smallest absolute Gasteiger partial charge is 0.410 e. The van der Waals surface area contributed by atoms with E-state index in [4.69, 9.17) is 9.47 Å². The Kier molecular flexibility index (Phi) is 5.70. The second-order valence-corrected chi connectivity index (χ2v) is 7.64. The second kappa shape index (κ2) is 7.23. The van der Waals surface area contributed by atoms with E-state index in [2.05, 4.69) is 21.0 Å². The van der Waals surface area contributed by atoms with Crippen LogP contribution in [0.1, 0.15) is 45.0 Å². The number of amides is 1. The Bertz CT molecular complexity index is 636. The minimum atomic E-state index is -0.528. The first-order valence-corrected chi connectivity index (χ1v) is 8.68. The van der Waals surface area contributed by atoms with E-state index in [1.54, 1.807) is 16.5 Å². The first-order valence-electron chi connectivity index (χ1n) is 7.89. The summed E-state index contributed by atoms with van der Waals surface area (Å²) in [5, 5.41) is 4.44. The van der Waals surface area contributed by atoms with Gasteiger partial charge < -0.3 is 14.4 Å². The quantitative estimate of drug-likeness (QED) is 0.775. The van der Waals surface area contributed by atoms with Crippen LogP contribution in [0.3, 0.4) is 0 Å². The summed E-state index contributed by atoms with van der Waals surface area (Å²) in [6.45, 7) is 8.34. The highest BCUT2D eigenvalue weighted by atomic mass is 79.9. The molecule has 0 aromatic carbocycles. The SMILES string of the molecule is COCC(=O)C(C)n1nc(Br)c2c1CCN(C(=O)OC(C)(C)C)C2. The molecule has 1 aliphatic rings. The van der Waals surface area contributed by atoms with Crippen LogP contribution in [0.2, 0.25) is 0 Å². The number of hydrogen-bond donors (Lipinski definition) is 0. The molecule has 0 spiro atoms. The van der Waals surface area contributed by atoms with Crippen LogP contribution >= 0.6 is 15.9 Å². The van der Waals surface area contributed by atoms with Gasteiger partial charge in [0.25, 0.3) is 0 Å². The number of methoxy groups -OCH3 is 1. The van der Waals surface area contributed by atoms with Crippen LogP contribution in [0, 0.1) is 0 Å². The van der Waals surface area contributed by atoms with Crippen molar-refractivity contribution in [3.8, 4) is 0 Å². The Labute approximate surface area is 150 Å². The maximum Gasteiger partial charge on any atom is 0.410 e. The van der Waals surface area contributed by atoms with E-state index in [0.717, 1.165) is 11.3 Å². The number of ketones is 1. The van der Waals surface area contributed by atoms with Gasteiger partial charge in [0.1, 0.15) is 22.9 Å². The first kappa shape index (κ1) is 18.9. The van der Waals surface area contributed by atoms with E-state index < -0.39 is 11.6 Å². The third-order valence-electron chi connectivity index (χ3n) is 3.81. The predicted octanol–water partition coefficient (Wildman–Crippen LogP) is 2.72. The molecule has 0 saturated carbocycles. The Morgan fingerprint density at radius 1 is 1.38 bits per heavy atom. The van der Waals surface area contributed by atoms with Crippen LogP contribution in [-0.2, 0) is 27.2 Å². The van der Waals surface area contributed by atoms with Crippen molar-refractivity contribution in [2.45, 2.75) is 52.3 Å². The molecule has 1 aromatic heterocycles. The molecule has 1 unspecified atom stereocenters. The molecule has 24 heavy (non-hydrogen) atoms. The molecular weight excluding hydrogens is 378 g/mol. The fraction of sp³-hybridized carbons (Fsp3) is 0.688. The largest absolute Gasteiger partial charge is 0.444 e. The van der Waals surface area contributed by atoms with Gasteiger partial charge in [-0.3, -0.25) is 9.48 Å². The zero-order valence-corrected chi connectivity index (χ0v) is 16.3. The molecule has 0 saturated heterocycles. The highest BCUT2D eigenvalue weighted by Gasteiger charge is 2.31. The predicted molar refractivity (Wildman–Crippen MR) is 91.9 cm³/mol. The number of fused-ring (bicyclic) bond motifs is 1. The average Bonchev–Trinajstić information content (AvgIpc) is 2.81. The molecule has 134 valence electrons. The van der Waals surface area contributed by atoms with Crippen molar-refractivity contribution in [3.05, 3.63) is 15.9 Å². The number of hydrogen-bond acceptors (Lipinski definition) is 5. The molecule has 2 rings (SSSR count). The van der Waals surface area contributed by atoms with E-state index >= 15 is 0 Å². The lowest BCUT2D eigenvalue weighted by molar-refractivity contribution is -0.125. The van der Waals surface area contributed by atoms with Crippen molar-refractivity contribution in [3.63, 3.8) is 0 Å². The summed E-state index contributed by atoms with van der Waals surface area (Å²) in [6, 6.07) is -0.405. The Hall–Kier alpha value is -1.41. The summed E-state index contributed by atoms with van der Waals surface area (Å²) in [5.74, 6) is -0.0372. The van der Waals surface area contributed by atoms with E-state index in [1.807, 2.05) is 20.8 Å². The summed E-state index contributed by atoms with van der Waals surface area (Å²) in [7, 11) is 1.50. The Balaban J connectivity index is 2.19. The summed E-state index contributed by atoms with van der Waals surface area (Å²) < 4.78 is 12.7. The van der Waals surface area contributed by atoms with Gasteiger partial charge in [0.05, 0.1) is 6.54 Å². The molecule has 1 atom stereocenters. The van der Waals surface area contributed by atoms with Gasteiger partial charge in [-0.1, -0.05) is 0 Å². The van der Waals surface area contributed by atoms with Gasteiger partial charge in [0, 0.05) is 31.3 Å². The van der Waals surface area contributed by atoms with Crippen LogP contribution in [0.4, 0.5) is 4.79 Å². The molecule has 1 aromatic rings. The van der Waals surface area contributed by atoms with Gasteiger partial charge in [0.2, 0.25) is 0 Å². The molecule has 8 heteroatoms. The fourth-order valence-electron chi connectivity index (χ4n) is 2.61. The number of ether oxygens (including phenoxy) is 2. The van der Waals surface area contributed by atoms with Gasteiger partial charge in [-0.2, -0.15) is 5.10 Å². The first-order chi connectivity index (χ1) is 11.1. The van der Waals surface area contributed by atoms with Crippen molar-refractivity contribution in [1.82, 2.24) is 14.7 Å². The minimum Gasteiger partial charge on any atom is -0.444 e. The van der Waals surface area contributed by atoms with Crippen molar-refractivity contribution in [2.24, 2.45) is 0 Å². The van der Waals surface area contributed by atoms with Gasteiger partial charge in [-0.25, -0.2) is 4.79 Å². The minimum absolute atomic E-state index is 0.0372. The normalized spacial score (nSPS) is 15.8. The van der Waals surface area contributed by atoms with E-state index in [0.29, 0.717) is 24.1 Å². The lowest BCUT2D eigenvalue weighted by Crippen LogP contribution is -2.40. The fourth-order valence-corrected chi connectivity index (χ4v) is 3.13. The third kappa shape index (κ3) is 4.16. The Morgan fingerprint density at radius 3 is 2.62 bits per heavy atom. The Morgan fingerprint density at radius 2 is 2.04 bits per heavy atom. The van der Waals surface area contributed by atoms with Crippen molar-refractivity contribution in [1.29, 1.82) is 0 Å². The summed E-state index contributed by atoms with van der Waals surface area (Å²) in [5.41, 5.74) is 1.36. The molecule has 1 aliphatic heterocycles. The maximum atomic E-state index is 12.3. The van der Waals surface area contributed by atoms with Gasteiger partial charge >= 0.3 is 6.09 Å². The molecule has 7 nitrogen and oxygen atoms in total. The number of carbonyl (C=O) groups is 2. The summed E-state index contributed by atoms with van der Waals surface area (Å²) >= 11 is 3.44. The van der Waals surface area contributed by atoms with E-state index in [9.17, 15) is 9.59 Å². The van der Waals surface area contributed by atoms with Crippen molar-refractivity contribution < 1.29 is 19.1 Å². The standard InChI is InChI=1S/C16H24BrN3O4/c1-10(13(21)9-23-5)20-12-6-7-19(8-11(12)14(17)18-20)15(22)24-16(2,3)4/h10H,6-9H2,1-5H3. The average molecular weight is 402 g/mol. The number of aromatic nitrogens is 2. The van der Waals surface area contributed by atoms with Crippen molar-refractivity contribution in [2.75, 3.05) is 20.3 Å². The zero-order chi connectivity index (χ0) is 18.1. The molecular formula is C16H24BrN3O4. The number of Topliss-reactive ketones (excluding diaryl/α,β-unsaturated/α-hetero) is 1. The van der Waals surface area contributed by atoms with Crippen LogP contribution in [0.15, 0.2) is 4.60 Å². The zero-order valence-electron chi connectivity index (χ0n) is 14.8.